The lowest BCUT2D eigenvalue weighted by Crippen LogP contribution is -2.51. The molecule has 0 saturated carbocycles. The van der Waals surface area contributed by atoms with Gasteiger partial charge in [-0.15, -0.1) is 0 Å². The highest BCUT2D eigenvalue weighted by Crippen LogP contribution is 2.26. The van der Waals surface area contributed by atoms with Crippen molar-refractivity contribution in [3.05, 3.63) is 17.5 Å². The van der Waals surface area contributed by atoms with Crippen LogP contribution >= 0.6 is 0 Å². The first-order chi connectivity index (χ1) is 6.16. The van der Waals surface area contributed by atoms with Gasteiger partial charge in [-0.1, -0.05) is 0 Å². The molecule has 1 N–H and O–H groups in total. The Hall–Kier alpha value is -0.830. The molecule has 1 aromatic heterocycles. The van der Waals surface area contributed by atoms with Gasteiger partial charge in [-0.3, -0.25) is 10.00 Å². The van der Waals surface area contributed by atoms with Gasteiger partial charge < -0.3 is 0 Å². The number of aromatic nitrogens is 2. The maximum absolute atomic E-state index is 4.24. The second kappa shape index (κ2) is 3.14. The first kappa shape index (κ1) is 8.75. The molecule has 2 rings (SSSR count). The Labute approximate surface area is 79.1 Å². The van der Waals surface area contributed by atoms with Crippen molar-refractivity contribution in [1.82, 2.24) is 15.1 Å². The summed E-state index contributed by atoms with van der Waals surface area (Å²) in [5.41, 5.74) is 2.31. The van der Waals surface area contributed by atoms with E-state index in [-0.39, 0.29) is 0 Å². The predicted molar refractivity (Wildman–Crippen MR) is 52.4 cm³/mol. The predicted octanol–water partition coefficient (Wildman–Crippen LogP) is 1.70. The number of aryl methyl sites for hydroxylation is 1. The van der Waals surface area contributed by atoms with E-state index < -0.39 is 0 Å². The molecule has 2 atom stereocenters. The summed E-state index contributed by atoms with van der Waals surface area (Å²) in [4.78, 5) is 2.48. The number of hydrogen-bond donors (Lipinski definition) is 1. The van der Waals surface area contributed by atoms with E-state index >= 15 is 0 Å². The van der Waals surface area contributed by atoms with Crippen molar-refractivity contribution in [3.8, 4) is 0 Å². The van der Waals surface area contributed by atoms with Crippen LogP contribution in [0, 0.1) is 6.92 Å². The van der Waals surface area contributed by atoms with Crippen molar-refractivity contribution in [1.29, 1.82) is 0 Å². The Morgan fingerprint density at radius 1 is 1.54 bits per heavy atom. The van der Waals surface area contributed by atoms with Crippen molar-refractivity contribution >= 4 is 0 Å². The zero-order valence-electron chi connectivity index (χ0n) is 8.54. The zero-order chi connectivity index (χ0) is 9.42. The summed E-state index contributed by atoms with van der Waals surface area (Å²) in [6, 6.07) is 3.58. The number of nitrogens with one attached hydrogen (secondary N) is 1. The first-order valence-corrected chi connectivity index (χ1v) is 4.93. The third-order valence-corrected chi connectivity index (χ3v) is 2.92. The molecule has 1 saturated heterocycles. The van der Waals surface area contributed by atoms with Crippen LogP contribution in [0.25, 0.3) is 0 Å². The molecule has 0 spiro atoms. The van der Waals surface area contributed by atoms with Crippen molar-refractivity contribution in [2.24, 2.45) is 0 Å². The van der Waals surface area contributed by atoms with Crippen molar-refractivity contribution in [3.63, 3.8) is 0 Å². The van der Waals surface area contributed by atoms with E-state index in [1.54, 1.807) is 0 Å². The van der Waals surface area contributed by atoms with Gasteiger partial charge in [-0.05, 0) is 33.3 Å². The van der Waals surface area contributed by atoms with Crippen molar-refractivity contribution < 1.29 is 0 Å². The smallest absolute Gasteiger partial charge is 0.0765 e. The Morgan fingerprint density at radius 3 is 2.69 bits per heavy atom. The fourth-order valence-electron chi connectivity index (χ4n) is 2.12. The average molecular weight is 179 g/mol. The summed E-state index contributed by atoms with van der Waals surface area (Å²) >= 11 is 0. The van der Waals surface area contributed by atoms with Gasteiger partial charge in [0.05, 0.1) is 5.69 Å². The minimum atomic E-state index is 0.729. The molecule has 13 heavy (non-hydrogen) atoms. The second-order valence-corrected chi connectivity index (χ2v) is 4.15. The van der Waals surface area contributed by atoms with E-state index in [2.05, 4.69) is 35.0 Å². The number of nitrogens with zero attached hydrogens (tertiary/aromatic N) is 2. The van der Waals surface area contributed by atoms with Crippen LogP contribution in [0.1, 0.15) is 31.7 Å². The number of H-pyrrole nitrogens is 1. The fraction of sp³-hybridized carbons (Fsp3) is 0.700. The van der Waals surface area contributed by atoms with Crippen LogP contribution in [0.3, 0.4) is 0 Å². The molecule has 72 valence electrons. The van der Waals surface area contributed by atoms with Crippen LogP contribution in [0.5, 0.6) is 0 Å². The molecule has 1 aromatic rings. The molecule has 2 unspecified atom stereocenters. The third kappa shape index (κ3) is 1.61. The van der Waals surface area contributed by atoms with Crippen LogP contribution < -0.4 is 0 Å². The van der Waals surface area contributed by atoms with Gasteiger partial charge in [0.25, 0.3) is 0 Å². The Balaban J connectivity index is 1.98. The summed E-state index contributed by atoms with van der Waals surface area (Å²) in [5.74, 6) is 0. The van der Waals surface area contributed by atoms with Crippen LogP contribution in [0.2, 0.25) is 0 Å². The number of likely N-dealkylation sites (tertiary alicyclic amines) is 1. The number of aromatic amines is 1. The van der Waals surface area contributed by atoms with Gasteiger partial charge in [-0.2, -0.15) is 5.10 Å². The van der Waals surface area contributed by atoms with Crippen molar-refractivity contribution in [2.75, 3.05) is 0 Å². The highest BCUT2D eigenvalue weighted by atomic mass is 15.3. The lowest BCUT2D eigenvalue weighted by atomic mass is 9.95. The highest BCUT2D eigenvalue weighted by molar-refractivity contribution is 5.07. The van der Waals surface area contributed by atoms with Crippen LogP contribution in [0.15, 0.2) is 6.07 Å². The van der Waals surface area contributed by atoms with E-state index in [1.807, 2.05) is 6.92 Å². The summed E-state index contributed by atoms with van der Waals surface area (Å²) in [5, 5.41) is 7.21. The molecule has 0 aromatic carbocycles. The molecule has 0 bridgehead atoms. The van der Waals surface area contributed by atoms with Crippen molar-refractivity contribution in [2.45, 2.75) is 45.8 Å². The Bertz CT molecular complexity index is 284. The van der Waals surface area contributed by atoms with E-state index in [0.29, 0.717) is 0 Å². The normalized spacial score (nSPS) is 28.8. The van der Waals surface area contributed by atoms with E-state index in [4.69, 9.17) is 0 Å². The topological polar surface area (TPSA) is 31.9 Å². The van der Waals surface area contributed by atoms with Crippen LogP contribution in [-0.4, -0.2) is 27.2 Å². The van der Waals surface area contributed by atoms with Gasteiger partial charge in [0.15, 0.2) is 0 Å². The zero-order valence-corrected chi connectivity index (χ0v) is 8.54. The minimum absolute atomic E-state index is 0.729. The first-order valence-electron chi connectivity index (χ1n) is 4.93. The van der Waals surface area contributed by atoms with Gasteiger partial charge in [-0.25, -0.2) is 0 Å². The summed E-state index contributed by atoms with van der Waals surface area (Å²) in [7, 11) is 0. The Morgan fingerprint density at radius 2 is 2.23 bits per heavy atom. The molecular formula is C10H17N3. The number of rotatable bonds is 2. The molecule has 2 heterocycles. The average Bonchev–Trinajstić information content (AvgIpc) is 2.48. The molecule has 0 aliphatic carbocycles. The molecule has 0 amide bonds. The van der Waals surface area contributed by atoms with E-state index in [1.165, 1.54) is 6.42 Å². The molecule has 3 heteroatoms. The molecule has 1 fully saturated rings. The standard InChI is InChI=1S/C10H17N3/c1-7-4-10(12-11-7)6-13-8(2)5-9(13)3/h4,8-9H,5-6H2,1-3H3,(H,11,12). The number of hydrogen-bond acceptors (Lipinski definition) is 2. The lowest BCUT2D eigenvalue weighted by molar-refractivity contribution is 0.0283. The lowest BCUT2D eigenvalue weighted by Gasteiger charge is -2.45. The van der Waals surface area contributed by atoms with E-state index in [9.17, 15) is 0 Å². The summed E-state index contributed by atoms with van der Waals surface area (Å²) < 4.78 is 0. The third-order valence-electron chi connectivity index (χ3n) is 2.92. The molecular weight excluding hydrogens is 162 g/mol. The molecule has 1 aliphatic heterocycles. The van der Waals surface area contributed by atoms with Crippen LogP contribution in [-0.2, 0) is 6.54 Å². The Kier molecular flexibility index (Phi) is 2.12. The minimum Gasteiger partial charge on any atom is -0.292 e. The quantitative estimate of drug-likeness (QED) is 0.749. The molecule has 0 radical (unpaired) electrons. The maximum atomic E-state index is 4.24. The van der Waals surface area contributed by atoms with Gasteiger partial charge in [0.2, 0.25) is 0 Å². The summed E-state index contributed by atoms with van der Waals surface area (Å²) in [6.45, 7) is 7.59. The van der Waals surface area contributed by atoms with Gasteiger partial charge in [0.1, 0.15) is 0 Å². The highest BCUT2D eigenvalue weighted by Gasteiger charge is 2.31. The largest absolute Gasteiger partial charge is 0.292 e. The fourth-order valence-corrected chi connectivity index (χ4v) is 2.12. The monoisotopic (exact) mass is 179 g/mol. The maximum Gasteiger partial charge on any atom is 0.0765 e. The van der Waals surface area contributed by atoms with Gasteiger partial charge in [0, 0.05) is 24.3 Å². The summed E-state index contributed by atoms with van der Waals surface area (Å²) in [6.07, 6.45) is 1.32. The van der Waals surface area contributed by atoms with Gasteiger partial charge >= 0.3 is 0 Å². The van der Waals surface area contributed by atoms with Crippen LogP contribution in [0.4, 0.5) is 0 Å². The molecule has 1 aliphatic rings. The second-order valence-electron chi connectivity index (χ2n) is 4.15. The molecule has 3 nitrogen and oxygen atoms in total. The van der Waals surface area contributed by atoms with E-state index in [0.717, 1.165) is 30.0 Å². The SMILES string of the molecule is Cc1cc(CN2C(C)CC2C)n[nH]1.